The van der Waals surface area contributed by atoms with Gasteiger partial charge in [-0.25, -0.2) is 0 Å². The average Bonchev–Trinajstić information content (AvgIpc) is 2.89. The second kappa shape index (κ2) is 6.55. The van der Waals surface area contributed by atoms with E-state index in [4.69, 9.17) is 0 Å². The van der Waals surface area contributed by atoms with Gasteiger partial charge in [-0.2, -0.15) is 0 Å². The summed E-state index contributed by atoms with van der Waals surface area (Å²) in [5.41, 5.74) is 3.34. The van der Waals surface area contributed by atoms with Gasteiger partial charge < -0.3 is 0 Å². The molecule has 0 aliphatic carbocycles. The Morgan fingerprint density at radius 1 is 0.944 bits per heavy atom. The molecule has 3 nitrogen and oxygen atoms in total. The van der Waals surface area contributed by atoms with Crippen molar-refractivity contribution >= 4 is 11.0 Å². The summed E-state index contributed by atoms with van der Waals surface area (Å²) in [5, 5.41) is 10.2. The normalized spacial score (nSPS) is 9.83. The summed E-state index contributed by atoms with van der Waals surface area (Å²) in [6, 6.07) is 18.3. The molecule has 3 rings (SSSR count). The minimum atomic E-state index is 0.914. The number of hydrogen-bond acceptors (Lipinski definition) is 2. The number of fused-ring (bicyclic) bond motifs is 1. The summed E-state index contributed by atoms with van der Waals surface area (Å²) >= 11 is 0. The van der Waals surface area contributed by atoms with Crippen molar-refractivity contribution in [2.24, 2.45) is 0 Å². The van der Waals surface area contributed by atoms with Crippen molar-refractivity contribution in [1.29, 1.82) is 0 Å². The van der Waals surface area contributed by atoms with Crippen LogP contribution in [0.3, 0.4) is 0 Å². The lowest BCUT2D eigenvalue weighted by atomic mass is 10.1. The minimum absolute atomic E-state index is 0.914. The number of aromatic nitrogens is 3. The molecule has 2 aromatic carbocycles. The number of nitrogens with one attached hydrogen (secondary N) is 1. The lowest BCUT2D eigenvalue weighted by Gasteiger charge is -1.93. The van der Waals surface area contributed by atoms with Gasteiger partial charge in [0.05, 0.1) is 5.52 Å². The average molecular weight is 239 g/mol. The molecule has 0 saturated heterocycles. The Balaban J connectivity index is 0.000000134. The van der Waals surface area contributed by atoms with E-state index in [1.165, 1.54) is 18.4 Å². The maximum atomic E-state index is 3.81. The second-order valence-electron chi connectivity index (χ2n) is 4.06. The molecule has 0 fully saturated rings. The smallest absolute Gasteiger partial charge is 0.112 e. The summed E-state index contributed by atoms with van der Waals surface area (Å²) in [6.07, 6.45) is 2.45. The van der Waals surface area contributed by atoms with Crippen molar-refractivity contribution in [3.8, 4) is 0 Å². The van der Waals surface area contributed by atoms with Crippen LogP contribution in [-0.2, 0) is 6.42 Å². The molecule has 3 heteroatoms. The molecule has 0 atom stereocenters. The molecular weight excluding hydrogens is 222 g/mol. The quantitative estimate of drug-likeness (QED) is 0.742. The number of para-hydroxylation sites is 1. The highest BCUT2D eigenvalue weighted by atomic mass is 15.3. The van der Waals surface area contributed by atoms with Gasteiger partial charge in [0.1, 0.15) is 5.52 Å². The van der Waals surface area contributed by atoms with E-state index < -0.39 is 0 Å². The van der Waals surface area contributed by atoms with Crippen molar-refractivity contribution in [1.82, 2.24) is 15.4 Å². The van der Waals surface area contributed by atoms with E-state index >= 15 is 0 Å². The molecule has 0 aliphatic heterocycles. The third kappa shape index (κ3) is 3.42. The number of benzene rings is 2. The molecular formula is C15H17N3. The molecule has 1 N–H and O–H groups in total. The van der Waals surface area contributed by atoms with Crippen LogP contribution < -0.4 is 0 Å². The van der Waals surface area contributed by atoms with Crippen molar-refractivity contribution in [3.05, 3.63) is 60.2 Å². The minimum Gasteiger partial charge on any atom is -0.258 e. The summed E-state index contributed by atoms with van der Waals surface area (Å²) in [7, 11) is 0. The highest BCUT2D eigenvalue weighted by molar-refractivity contribution is 5.72. The zero-order valence-electron chi connectivity index (χ0n) is 10.5. The van der Waals surface area contributed by atoms with Gasteiger partial charge in [-0.05, 0) is 24.1 Å². The number of hydrogen-bond donors (Lipinski definition) is 1. The third-order valence-electron chi connectivity index (χ3n) is 2.61. The van der Waals surface area contributed by atoms with E-state index in [1.54, 1.807) is 0 Å². The van der Waals surface area contributed by atoms with E-state index in [1.807, 2.05) is 24.3 Å². The van der Waals surface area contributed by atoms with Crippen molar-refractivity contribution in [3.63, 3.8) is 0 Å². The molecule has 0 spiro atoms. The number of aryl methyl sites for hydroxylation is 1. The van der Waals surface area contributed by atoms with Gasteiger partial charge in [0.2, 0.25) is 0 Å². The van der Waals surface area contributed by atoms with Crippen LogP contribution >= 0.6 is 0 Å². The fourth-order valence-corrected chi connectivity index (χ4v) is 1.72. The van der Waals surface area contributed by atoms with Crippen LogP contribution in [0, 0.1) is 0 Å². The summed E-state index contributed by atoms with van der Waals surface area (Å²) in [5.74, 6) is 0. The van der Waals surface area contributed by atoms with Crippen LogP contribution in [0.2, 0.25) is 0 Å². The largest absolute Gasteiger partial charge is 0.258 e. The second-order valence-corrected chi connectivity index (χ2v) is 4.06. The summed E-state index contributed by atoms with van der Waals surface area (Å²) in [4.78, 5) is 0. The molecule has 0 saturated carbocycles. The predicted molar refractivity (Wildman–Crippen MR) is 74.3 cm³/mol. The lowest BCUT2D eigenvalue weighted by molar-refractivity contribution is 0.922. The standard InChI is InChI=1S/C9H12.C6H5N3/c1-2-6-9-7-4-3-5-8-9;1-2-4-6-5(3-1)7-9-8-6/h3-5,7-8H,2,6H2,1H3;1-4H,(H,7,8,9). The number of rotatable bonds is 2. The number of aromatic amines is 1. The first-order valence-electron chi connectivity index (χ1n) is 6.20. The monoisotopic (exact) mass is 239 g/mol. The molecule has 0 amide bonds. The Bertz CT molecular complexity index is 542. The van der Waals surface area contributed by atoms with Gasteiger partial charge >= 0.3 is 0 Å². The third-order valence-corrected chi connectivity index (χ3v) is 2.61. The van der Waals surface area contributed by atoms with Gasteiger partial charge in [0, 0.05) is 0 Å². The Morgan fingerprint density at radius 2 is 1.67 bits per heavy atom. The van der Waals surface area contributed by atoms with E-state index in [0.717, 1.165) is 11.0 Å². The molecule has 3 aromatic rings. The topological polar surface area (TPSA) is 41.6 Å². The fraction of sp³-hybridized carbons (Fsp3) is 0.200. The highest BCUT2D eigenvalue weighted by Crippen LogP contribution is 2.03. The number of nitrogens with zero attached hydrogens (tertiary/aromatic N) is 2. The Morgan fingerprint density at radius 3 is 2.39 bits per heavy atom. The molecule has 18 heavy (non-hydrogen) atoms. The van der Waals surface area contributed by atoms with Gasteiger partial charge in [-0.15, -0.1) is 5.10 Å². The van der Waals surface area contributed by atoms with Gasteiger partial charge in [-0.1, -0.05) is 61.0 Å². The molecule has 0 bridgehead atoms. The Labute approximate surface area is 107 Å². The summed E-state index contributed by atoms with van der Waals surface area (Å²) < 4.78 is 0. The molecule has 1 aromatic heterocycles. The van der Waals surface area contributed by atoms with Crippen molar-refractivity contribution in [2.45, 2.75) is 19.8 Å². The molecule has 0 aliphatic rings. The van der Waals surface area contributed by atoms with Crippen molar-refractivity contribution in [2.75, 3.05) is 0 Å². The fourth-order valence-electron chi connectivity index (χ4n) is 1.72. The predicted octanol–water partition coefficient (Wildman–Crippen LogP) is 3.60. The maximum absolute atomic E-state index is 3.81. The van der Waals surface area contributed by atoms with E-state index in [9.17, 15) is 0 Å². The van der Waals surface area contributed by atoms with Gasteiger partial charge in [0.15, 0.2) is 0 Å². The highest BCUT2D eigenvalue weighted by Gasteiger charge is 1.90. The van der Waals surface area contributed by atoms with Crippen LogP contribution in [0.4, 0.5) is 0 Å². The van der Waals surface area contributed by atoms with E-state index in [-0.39, 0.29) is 0 Å². The SMILES string of the molecule is CCCc1ccccc1.c1ccc2[nH]nnc2c1. The van der Waals surface area contributed by atoms with Crippen LogP contribution in [0.1, 0.15) is 18.9 Å². The first kappa shape index (κ1) is 12.3. The van der Waals surface area contributed by atoms with E-state index in [2.05, 4.69) is 52.7 Å². The Hall–Kier alpha value is -2.16. The zero-order chi connectivity index (χ0) is 12.6. The first-order chi connectivity index (χ1) is 8.90. The number of H-pyrrole nitrogens is 1. The lowest BCUT2D eigenvalue weighted by Crippen LogP contribution is -1.78. The van der Waals surface area contributed by atoms with Gasteiger partial charge in [0.25, 0.3) is 0 Å². The van der Waals surface area contributed by atoms with Crippen LogP contribution in [0.25, 0.3) is 11.0 Å². The van der Waals surface area contributed by atoms with Crippen LogP contribution in [-0.4, -0.2) is 15.4 Å². The van der Waals surface area contributed by atoms with Crippen molar-refractivity contribution < 1.29 is 0 Å². The first-order valence-corrected chi connectivity index (χ1v) is 6.20. The Kier molecular flexibility index (Phi) is 4.47. The zero-order valence-corrected chi connectivity index (χ0v) is 10.5. The molecule has 92 valence electrons. The van der Waals surface area contributed by atoms with Gasteiger partial charge in [-0.3, -0.25) is 5.10 Å². The summed E-state index contributed by atoms with van der Waals surface area (Å²) in [6.45, 7) is 2.20. The molecule has 0 unspecified atom stereocenters. The van der Waals surface area contributed by atoms with Crippen LogP contribution in [0.5, 0.6) is 0 Å². The molecule has 0 radical (unpaired) electrons. The molecule has 1 heterocycles. The van der Waals surface area contributed by atoms with Crippen LogP contribution in [0.15, 0.2) is 54.6 Å². The maximum Gasteiger partial charge on any atom is 0.112 e. The van der Waals surface area contributed by atoms with E-state index in [0.29, 0.717) is 0 Å².